The Labute approximate surface area is 126 Å². The van der Waals surface area contributed by atoms with Crippen LogP contribution >= 0.6 is 0 Å². The van der Waals surface area contributed by atoms with E-state index >= 15 is 0 Å². The number of rotatable bonds is 0. The van der Waals surface area contributed by atoms with Crippen LogP contribution in [0.3, 0.4) is 0 Å². The van der Waals surface area contributed by atoms with Crippen molar-refractivity contribution in [1.82, 2.24) is 0 Å². The Kier molecular flexibility index (Phi) is 2.58. The normalized spacial score (nSPS) is 30.1. The van der Waals surface area contributed by atoms with Crippen LogP contribution in [0.2, 0.25) is 0 Å². The lowest BCUT2D eigenvalue weighted by Gasteiger charge is -2.43. The maximum absolute atomic E-state index is 12.8. The van der Waals surface area contributed by atoms with Gasteiger partial charge in [-0.15, -0.1) is 0 Å². The van der Waals surface area contributed by atoms with Gasteiger partial charge in [0.2, 0.25) is 11.5 Å². The minimum atomic E-state index is -2.29. The van der Waals surface area contributed by atoms with E-state index in [9.17, 15) is 30.0 Å². The number of phenols is 3. The first-order valence-corrected chi connectivity index (χ1v) is 6.84. The van der Waals surface area contributed by atoms with Crippen molar-refractivity contribution >= 4 is 11.6 Å². The summed E-state index contributed by atoms with van der Waals surface area (Å²) < 4.78 is 0. The Balaban J connectivity index is 2.40. The third-order valence-electron chi connectivity index (χ3n) is 5.25. The highest BCUT2D eigenvalue weighted by atomic mass is 16.3. The second-order valence-corrected chi connectivity index (χ2v) is 6.26. The van der Waals surface area contributed by atoms with Crippen LogP contribution in [0.15, 0.2) is 11.6 Å². The van der Waals surface area contributed by atoms with Gasteiger partial charge < -0.3 is 20.4 Å². The third kappa shape index (κ3) is 1.29. The van der Waals surface area contributed by atoms with Gasteiger partial charge in [-0.05, 0) is 37.5 Å². The van der Waals surface area contributed by atoms with E-state index in [1.807, 2.05) is 0 Å². The molecule has 0 unspecified atom stereocenters. The fourth-order valence-electron chi connectivity index (χ4n) is 3.53. The number of benzene rings is 1. The van der Waals surface area contributed by atoms with Crippen molar-refractivity contribution in [2.45, 2.75) is 32.8 Å². The average molecular weight is 304 g/mol. The van der Waals surface area contributed by atoms with Crippen molar-refractivity contribution in [3.05, 3.63) is 28.3 Å². The number of hydrogen-bond acceptors (Lipinski definition) is 6. The molecular formula is C16H16O6. The molecular weight excluding hydrogens is 288 g/mol. The molecule has 0 aromatic heterocycles. The van der Waals surface area contributed by atoms with Gasteiger partial charge in [0, 0.05) is 5.41 Å². The van der Waals surface area contributed by atoms with E-state index in [1.54, 1.807) is 13.8 Å². The van der Waals surface area contributed by atoms with Gasteiger partial charge in [-0.2, -0.15) is 0 Å². The minimum absolute atomic E-state index is 0.0892. The second-order valence-electron chi connectivity index (χ2n) is 6.26. The molecule has 22 heavy (non-hydrogen) atoms. The zero-order valence-electron chi connectivity index (χ0n) is 12.4. The molecule has 6 heteroatoms. The van der Waals surface area contributed by atoms with Crippen molar-refractivity contribution in [1.29, 1.82) is 0 Å². The van der Waals surface area contributed by atoms with Gasteiger partial charge in [-0.3, -0.25) is 9.59 Å². The zero-order chi connectivity index (χ0) is 16.6. The predicted octanol–water partition coefficient (Wildman–Crippen LogP) is 1.12. The summed E-state index contributed by atoms with van der Waals surface area (Å²) in [4.78, 5) is 24.9. The van der Waals surface area contributed by atoms with Gasteiger partial charge in [0.05, 0.1) is 5.56 Å². The fraction of sp³-hybridized carbons (Fsp3) is 0.375. The van der Waals surface area contributed by atoms with Crippen LogP contribution in [0.5, 0.6) is 17.2 Å². The van der Waals surface area contributed by atoms with Crippen LogP contribution in [0.1, 0.15) is 35.3 Å². The summed E-state index contributed by atoms with van der Waals surface area (Å²) in [5.74, 6) is -3.83. The SMILES string of the molecule is CC1=CC(=O)[C@@]2(O)C(=O)c3c(O)c(O)c(O)c(C)c3C[C@@]12C. The molecule has 2 aliphatic rings. The molecule has 0 radical (unpaired) electrons. The van der Waals surface area contributed by atoms with Crippen LogP contribution < -0.4 is 0 Å². The number of carbonyl (C=O) groups is 2. The number of ketones is 2. The maximum atomic E-state index is 12.8. The molecule has 3 rings (SSSR count). The Hall–Kier alpha value is -2.34. The van der Waals surface area contributed by atoms with Gasteiger partial charge in [-0.25, -0.2) is 0 Å². The van der Waals surface area contributed by atoms with Crippen LogP contribution in [0.25, 0.3) is 0 Å². The average Bonchev–Trinajstić information content (AvgIpc) is 2.64. The molecule has 2 atom stereocenters. The van der Waals surface area contributed by atoms with Gasteiger partial charge in [0.25, 0.3) is 0 Å². The largest absolute Gasteiger partial charge is 0.504 e. The molecule has 1 aromatic carbocycles. The van der Waals surface area contributed by atoms with E-state index in [0.29, 0.717) is 11.1 Å². The van der Waals surface area contributed by atoms with E-state index in [2.05, 4.69) is 0 Å². The van der Waals surface area contributed by atoms with Crippen LogP contribution in [0, 0.1) is 12.3 Å². The lowest BCUT2D eigenvalue weighted by Crippen LogP contribution is -2.59. The first-order chi connectivity index (χ1) is 10.1. The highest BCUT2D eigenvalue weighted by molar-refractivity contribution is 6.25. The molecule has 0 bridgehead atoms. The zero-order valence-corrected chi connectivity index (χ0v) is 12.4. The fourth-order valence-corrected chi connectivity index (χ4v) is 3.53. The third-order valence-corrected chi connectivity index (χ3v) is 5.25. The van der Waals surface area contributed by atoms with E-state index in [-0.39, 0.29) is 17.5 Å². The molecule has 2 aliphatic carbocycles. The number of fused-ring (bicyclic) bond motifs is 2. The maximum Gasteiger partial charge on any atom is 0.207 e. The molecule has 0 saturated heterocycles. The molecule has 1 aromatic rings. The van der Waals surface area contributed by atoms with Gasteiger partial charge in [-0.1, -0.05) is 12.5 Å². The van der Waals surface area contributed by atoms with Gasteiger partial charge in [0.1, 0.15) is 0 Å². The minimum Gasteiger partial charge on any atom is -0.504 e. The van der Waals surface area contributed by atoms with Crippen LogP contribution in [0.4, 0.5) is 0 Å². The van der Waals surface area contributed by atoms with Crippen molar-refractivity contribution in [2.24, 2.45) is 5.41 Å². The summed E-state index contributed by atoms with van der Waals surface area (Å²) in [6, 6.07) is 0. The Morgan fingerprint density at radius 2 is 1.64 bits per heavy atom. The topological polar surface area (TPSA) is 115 Å². The summed E-state index contributed by atoms with van der Waals surface area (Å²) >= 11 is 0. The predicted molar refractivity (Wildman–Crippen MR) is 76.0 cm³/mol. The first kappa shape index (κ1) is 14.6. The standard InChI is InChI=1S/C16H16O6/c1-6-4-9(17)16(22)14(21)10-8(5-15(6,16)3)7(2)11(18)13(20)12(10)19/h4,18-20,22H,5H2,1-3H3/t15-,16+/m0/s1. The highest BCUT2D eigenvalue weighted by Crippen LogP contribution is 2.56. The number of carbonyl (C=O) groups excluding carboxylic acids is 2. The van der Waals surface area contributed by atoms with Crippen molar-refractivity contribution < 1.29 is 30.0 Å². The van der Waals surface area contributed by atoms with Gasteiger partial charge in [0.15, 0.2) is 22.9 Å². The smallest absolute Gasteiger partial charge is 0.207 e. The number of Topliss-reactive ketones (excluding diaryl/α,β-unsaturated/α-hetero) is 1. The summed E-state index contributed by atoms with van der Waals surface area (Å²) in [6.07, 6.45) is 1.32. The quantitative estimate of drug-likeness (QED) is 0.422. The summed E-state index contributed by atoms with van der Waals surface area (Å²) in [7, 11) is 0. The number of hydrogen-bond donors (Lipinski definition) is 4. The van der Waals surface area contributed by atoms with Crippen molar-refractivity contribution in [2.75, 3.05) is 0 Å². The van der Waals surface area contributed by atoms with E-state index < -0.39 is 39.8 Å². The van der Waals surface area contributed by atoms with Gasteiger partial charge >= 0.3 is 0 Å². The Morgan fingerprint density at radius 1 is 1.05 bits per heavy atom. The van der Waals surface area contributed by atoms with E-state index in [4.69, 9.17) is 0 Å². The number of phenolic OH excluding ortho intramolecular Hbond substituents is 3. The first-order valence-electron chi connectivity index (χ1n) is 6.84. The lowest BCUT2D eigenvalue weighted by atomic mass is 9.60. The lowest BCUT2D eigenvalue weighted by molar-refractivity contribution is -0.134. The van der Waals surface area contributed by atoms with E-state index in [0.717, 1.165) is 0 Å². The van der Waals surface area contributed by atoms with Crippen LogP contribution in [-0.4, -0.2) is 37.6 Å². The molecule has 0 fully saturated rings. The van der Waals surface area contributed by atoms with Crippen molar-refractivity contribution in [3.63, 3.8) is 0 Å². The molecule has 4 N–H and O–H groups in total. The molecule has 0 amide bonds. The number of aromatic hydroxyl groups is 3. The molecule has 6 nitrogen and oxygen atoms in total. The highest BCUT2D eigenvalue weighted by Gasteiger charge is 2.65. The van der Waals surface area contributed by atoms with Crippen LogP contribution in [-0.2, 0) is 11.2 Å². The molecule has 0 saturated carbocycles. The summed E-state index contributed by atoms with van der Waals surface area (Å²) in [6.45, 7) is 4.76. The Morgan fingerprint density at radius 3 is 2.23 bits per heavy atom. The summed E-state index contributed by atoms with van der Waals surface area (Å²) in [5.41, 5.74) is -2.61. The molecule has 0 aliphatic heterocycles. The summed E-state index contributed by atoms with van der Waals surface area (Å²) in [5, 5.41) is 40.4. The molecule has 0 heterocycles. The monoisotopic (exact) mass is 304 g/mol. The Bertz CT molecular complexity index is 791. The molecule has 0 spiro atoms. The van der Waals surface area contributed by atoms with E-state index in [1.165, 1.54) is 13.0 Å². The second kappa shape index (κ2) is 3.89. The van der Waals surface area contributed by atoms with Crippen molar-refractivity contribution in [3.8, 4) is 17.2 Å². The number of aliphatic hydroxyl groups is 1. The molecule has 116 valence electrons.